The molecule has 0 fully saturated rings. The van der Waals surface area contributed by atoms with Crippen LogP contribution < -0.4 is 0 Å². The zero-order valence-corrected chi connectivity index (χ0v) is 10.1. The standard InChI is InChI=1S/C15H13NO2/c1-2-18-15(17)14(10-16)13-9-5-7-11-6-3-4-8-12(11)13/h3-9,14H,2H2,1H3/t14-/m0/s1. The van der Waals surface area contributed by atoms with E-state index < -0.39 is 11.9 Å². The van der Waals surface area contributed by atoms with Gasteiger partial charge < -0.3 is 4.74 Å². The molecule has 0 saturated heterocycles. The summed E-state index contributed by atoms with van der Waals surface area (Å²) in [6, 6.07) is 15.3. The molecule has 18 heavy (non-hydrogen) atoms. The third kappa shape index (κ3) is 2.18. The fraction of sp³-hybridized carbons (Fsp3) is 0.200. The molecular formula is C15H13NO2. The predicted octanol–water partition coefficient (Wildman–Crippen LogP) is 3.01. The smallest absolute Gasteiger partial charge is 0.327 e. The predicted molar refractivity (Wildman–Crippen MR) is 68.9 cm³/mol. The van der Waals surface area contributed by atoms with Gasteiger partial charge in [0.25, 0.3) is 0 Å². The average Bonchev–Trinajstić information content (AvgIpc) is 2.40. The number of hydrogen-bond acceptors (Lipinski definition) is 3. The highest BCUT2D eigenvalue weighted by Gasteiger charge is 2.23. The highest BCUT2D eigenvalue weighted by molar-refractivity contribution is 5.92. The second-order valence-electron chi connectivity index (χ2n) is 3.88. The van der Waals surface area contributed by atoms with Gasteiger partial charge in [0.05, 0.1) is 12.7 Å². The van der Waals surface area contributed by atoms with Gasteiger partial charge in [0.1, 0.15) is 0 Å². The van der Waals surface area contributed by atoms with Gasteiger partial charge in [0, 0.05) is 0 Å². The van der Waals surface area contributed by atoms with Gasteiger partial charge in [-0.2, -0.15) is 5.26 Å². The summed E-state index contributed by atoms with van der Waals surface area (Å²) in [5.41, 5.74) is 0.703. The Labute approximate surface area is 106 Å². The minimum atomic E-state index is -0.865. The van der Waals surface area contributed by atoms with Crippen molar-refractivity contribution in [1.82, 2.24) is 0 Å². The molecule has 0 aliphatic heterocycles. The lowest BCUT2D eigenvalue weighted by atomic mass is 9.94. The van der Waals surface area contributed by atoms with Gasteiger partial charge in [-0.25, -0.2) is 0 Å². The molecule has 0 N–H and O–H groups in total. The molecule has 3 heteroatoms. The first-order chi connectivity index (χ1) is 8.77. The monoisotopic (exact) mass is 239 g/mol. The van der Waals surface area contributed by atoms with E-state index in [4.69, 9.17) is 4.74 Å². The van der Waals surface area contributed by atoms with Crippen molar-refractivity contribution in [2.24, 2.45) is 0 Å². The summed E-state index contributed by atoms with van der Waals surface area (Å²) >= 11 is 0. The second kappa shape index (κ2) is 5.33. The van der Waals surface area contributed by atoms with Crippen LogP contribution in [0.1, 0.15) is 18.4 Å². The average molecular weight is 239 g/mol. The molecule has 0 amide bonds. The zero-order valence-electron chi connectivity index (χ0n) is 10.1. The van der Waals surface area contributed by atoms with Gasteiger partial charge in [-0.05, 0) is 23.3 Å². The van der Waals surface area contributed by atoms with Crippen LogP contribution in [0.2, 0.25) is 0 Å². The van der Waals surface area contributed by atoms with E-state index in [2.05, 4.69) is 0 Å². The summed E-state index contributed by atoms with van der Waals surface area (Å²) in [5.74, 6) is -1.35. The summed E-state index contributed by atoms with van der Waals surface area (Å²) in [6.07, 6.45) is 0. The van der Waals surface area contributed by atoms with E-state index in [-0.39, 0.29) is 6.61 Å². The van der Waals surface area contributed by atoms with Crippen LogP contribution in [0.5, 0.6) is 0 Å². The fourth-order valence-corrected chi connectivity index (χ4v) is 1.98. The van der Waals surface area contributed by atoms with Crippen molar-refractivity contribution in [2.75, 3.05) is 6.61 Å². The van der Waals surface area contributed by atoms with Crippen LogP contribution >= 0.6 is 0 Å². The lowest BCUT2D eigenvalue weighted by molar-refractivity contribution is -0.143. The topological polar surface area (TPSA) is 50.1 Å². The Balaban J connectivity index is 2.52. The van der Waals surface area contributed by atoms with Gasteiger partial charge in [0.15, 0.2) is 5.92 Å². The summed E-state index contributed by atoms with van der Waals surface area (Å²) < 4.78 is 4.94. The molecule has 0 bridgehead atoms. The number of nitrogens with zero attached hydrogens (tertiary/aromatic N) is 1. The number of benzene rings is 2. The molecule has 90 valence electrons. The van der Waals surface area contributed by atoms with Crippen LogP contribution in [0.4, 0.5) is 0 Å². The minimum Gasteiger partial charge on any atom is -0.465 e. The first kappa shape index (κ1) is 12.1. The largest absolute Gasteiger partial charge is 0.465 e. The first-order valence-corrected chi connectivity index (χ1v) is 5.82. The molecule has 0 radical (unpaired) electrons. The summed E-state index contributed by atoms with van der Waals surface area (Å²) in [5, 5.41) is 11.1. The lowest BCUT2D eigenvalue weighted by Crippen LogP contribution is -2.14. The third-order valence-electron chi connectivity index (χ3n) is 2.79. The molecule has 0 heterocycles. The molecule has 0 aliphatic rings. The Morgan fingerprint density at radius 1 is 1.28 bits per heavy atom. The molecule has 0 saturated carbocycles. The Bertz CT molecular complexity index is 608. The van der Waals surface area contributed by atoms with Crippen molar-refractivity contribution in [1.29, 1.82) is 5.26 Å². The van der Waals surface area contributed by atoms with Crippen LogP contribution in [0.3, 0.4) is 0 Å². The van der Waals surface area contributed by atoms with Crippen LogP contribution in [-0.4, -0.2) is 12.6 Å². The Hall–Kier alpha value is -2.34. The molecular weight excluding hydrogens is 226 g/mol. The molecule has 0 aliphatic carbocycles. The highest BCUT2D eigenvalue weighted by Crippen LogP contribution is 2.26. The molecule has 2 aromatic rings. The lowest BCUT2D eigenvalue weighted by Gasteiger charge is -2.11. The van der Waals surface area contributed by atoms with E-state index in [1.807, 2.05) is 42.5 Å². The number of hydrogen-bond donors (Lipinski definition) is 0. The molecule has 1 atom stereocenters. The van der Waals surface area contributed by atoms with Crippen LogP contribution in [0.25, 0.3) is 10.8 Å². The number of ether oxygens (including phenoxy) is 1. The number of rotatable bonds is 3. The zero-order chi connectivity index (χ0) is 13.0. The van der Waals surface area contributed by atoms with E-state index in [0.717, 1.165) is 10.8 Å². The Morgan fingerprint density at radius 3 is 2.72 bits per heavy atom. The van der Waals surface area contributed by atoms with Crippen molar-refractivity contribution >= 4 is 16.7 Å². The van der Waals surface area contributed by atoms with Crippen molar-refractivity contribution < 1.29 is 9.53 Å². The molecule has 2 rings (SSSR count). The quantitative estimate of drug-likeness (QED) is 0.773. The van der Waals surface area contributed by atoms with Gasteiger partial charge >= 0.3 is 5.97 Å². The van der Waals surface area contributed by atoms with E-state index in [1.165, 1.54) is 0 Å². The van der Waals surface area contributed by atoms with Gasteiger partial charge in [-0.15, -0.1) is 0 Å². The van der Waals surface area contributed by atoms with Gasteiger partial charge in [0.2, 0.25) is 0 Å². The van der Waals surface area contributed by atoms with Crippen molar-refractivity contribution in [3.8, 4) is 6.07 Å². The van der Waals surface area contributed by atoms with E-state index in [0.29, 0.717) is 5.56 Å². The number of esters is 1. The second-order valence-corrected chi connectivity index (χ2v) is 3.88. The van der Waals surface area contributed by atoms with E-state index in [9.17, 15) is 10.1 Å². The van der Waals surface area contributed by atoms with Crippen molar-refractivity contribution in [2.45, 2.75) is 12.8 Å². The normalized spacial score (nSPS) is 11.8. The molecule has 2 aromatic carbocycles. The fourth-order valence-electron chi connectivity index (χ4n) is 1.98. The third-order valence-corrected chi connectivity index (χ3v) is 2.79. The molecule has 0 spiro atoms. The van der Waals surface area contributed by atoms with Crippen molar-refractivity contribution in [3.05, 3.63) is 48.0 Å². The highest BCUT2D eigenvalue weighted by atomic mass is 16.5. The number of nitriles is 1. The SMILES string of the molecule is CCOC(=O)[C@@H](C#N)c1cccc2ccccc12. The molecule has 3 nitrogen and oxygen atoms in total. The summed E-state index contributed by atoms with van der Waals surface area (Å²) in [4.78, 5) is 11.8. The van der Waals surface area contributed by atoms with Gasteiger partial charge in [-0.3, -0.25) is 4.79 Å². The molecule has 0 aromatic heterocycles. The Kier molecular flexibility index (Phi) is 3.59. The first-order valence-electron chi connectivity index (χ1n) is 5.82. The molecule has 0 unspecified atom stereocenters. The number of carbonyl (C=O) groups is 1. The Morgan fingerprint density at radius 2 is 2.00 bits per heavy atom. The van der Waals surface area contributed by atoms with Crippen LogP contribution in [-0.2, 0) is 9.53 Å². The maximum absolute atomic E-state index is 11.8. The van der Waals surface area contributed by atoms with Crippen LogP contribution in [0.15, 0.2) is 42.5 Å². The van der Waals surface area contributed by atoms with E-state index >= 15 is 0 Å². The van der Waals surface area contributed by atoms with Crippen molar-refractivity contribution in [3.63, 3.8) is 0 Å². The number of carbonyl (C=O) groups excluding carboxylic acids is 1. The van der Waals surface area contributed by atoms with Crippen LogP contribution in [0, 0.1) is 11.3 Å². The van der Waals surface area contributed by atoms with E-state index in [1.54, 1.807) is 13.0 Å². The summed E-state index contributed by atoms with van der Waals surface area (Å²) in [7, 11) is 0. The minimum absolute atomic E-state index is 0.280. The maximum atomic E-state index is 11.8. The summed E-state index contributed by atoms with van der Waals surface area (Å²) in [6.45, 7) is 2.01. The maximum Gasteiger partial charge on any atom is 0.327 e. The van der Waals surface area contributed by atoms with Gasteiger partial charge in [-0.1, -0.05) is 42.5 Å². The number of fused-ring (bicyclic) bond motifs is 1.